The number of phenols is 1. The van der Waals surface area contributed by atoms with Crippen molar-refractivity contribution in [2.45, 2.75) is 0 Å². The topological polar surface area (TPSA) is 62.2 Å². The SMILES string of the molecule is O=C(Nc1ccc(O)c(F)c1)c1cc(Cl)ncc1Cl. The van der Waals surface area contributed by atoms with Crippen molar-refractivity contribution >= 4 is 34.8 Å². The lowest BCUT2D eigenvalue weighted by molar-refractivity contribution is 0.102. The van der Waals surface area contributed by atoms with E-state index in [0.717, 1.165) is 12.1 Å². The lowest BCUT2D eigenvalue weighted by atomic mass is 10.2. The van der Waals surface area contributed by atoms with Crippen LogP contribution in [0.3, 0.4) is 0 Å². The smallest absolute Gasteiger partial charge is 0.257 e. The fourth-order valence-corrected chi connectivity index (χ4v) is 1.72. The highest BCUT2D eigenvalue weighted by Gasteiger charge is 2.13. The van der Waals surface area contributed by atoms with Gasteiger partial charge in [0, 0.05) is 18.0 Å². The first kappa shape index (κ1) is 13.6. The molecule has 0 bridgehead atoms. The Balaban J connectivity index is 2.25. The number of amides is 1. The first-order valence-electron chi connectivity index (χ1n) is 5.08. The zero-order valence-corrected chi connectivity index (χ0v) is 10.8. The number of phenolic OH excluding ortho intramolecular Hbond substituents is 1. The Bertz CT molecular complexity index is 650. The summed E-state index contributed by atoms with van der Waals surface area (Å²) in [6, 6.07) is 4.78. The summed E-state index contributed by atoms with van der Waals surface area (Å²) in [5.41, 5.74) is 0.305. The number of nitrogens with one attached hydrogen (secondary N) is 1. The summed E-state index contributed by atoms with van der Waals surface area (Å²) in [6.45, 7) is 0. The average molecular weight is 301 g/mol. The van der Waals surface area contributed by atoms with Crippen LogP contribution in [0.25, 0.3) is 0 Å². The highest BCUT2D eigenvalue weighted by Crippen LogP contribution is 2.22. The number of halogens is 3. The molecule has 4 nitrogen and oxygen atoms in total. The van der Waals surface area contributed by atoms with Gasteiger partial charge in [0.2, 0.25) is 0 Å². The highest BCUT2D eigenvalue weighted by molar-refractivity contribution is 6.35. The molecule has 0 aliphatic heterocycles. The Morgan fingerprint density at radius 3 is 2.74 bits per heavy atom. The number of hydrogen-bond donors (Lipinski definition) is 2. The van der Waals surface area contributed by atoms with Gasteiger partial charge in [-0.3, -0.25) is 4.79 Å². The van der Waals surface area contributed by atoms with E-state index in [1.54, 1.807) is 0 Å². The standard InChI is InChI=1S/C12H7Cl2FN2O2/c13-8-5-16-11(14)4-7(8)12(19)17-6-1-2-10(18)9(15)3-6/h1-5,18H,(H,17,19). The number of pyridine rings is 1. The van der Waals surface area contributed by atoms with Crippen molar-refractivity contribution in [3.8, 4) is 5.75 Å². The number of benzene rings is 1. The van der Waals surface area contributed by atoms with Crippen LogP contribution in [0.15, 0.2) is 30.5 Å². The molecular formula is C12H7Cl2FN2O2. The second-order valence-electron chi connectivity index (χ2n) is 3.61. The van der Waals surface area contributed by atoms with E-state index in [9.17, 15) is 9.18 Å². The van der Waals surface area contributed by atoms with Gasteiger partial charge in [-0.25, -0.2) is 9.37 Å². The lowest BCUT2D eigenvalue weighted by Crippen LogP contribution is -2.12. The van der Waals surface area contributed by atoms with E-state index >= 15 is 0 Å². The van der Waals surface area contributed by atoms with Gasteiger partial charge >= 0.3 is 0 Å². The van der Waals surface area contributed by atoms with Crippen LogP contribution in [0.4, 0.5) is 10.1 Å². The summed E-state index contributed by atoms with van der Waals surface area (Å²) in [7, 11) is 0. The molecule has 0 saturated carbocycles. The zero-order valence-electron chi connectivity index (χ0n) is 9.32. The van der Waals surface area contributed by atoms with Gasteiger partial charge in [0.25, 0.3) is 5.91 Å². The molecule has 0 unspecified atom stereocenters. The van der Waals surface area contributed by atoms with Crippen molar-refractivity contribution in [2.24, 2.45) is 0 Å². The van der Waals surface area contributed by atoms with Crippen LogP contribution in [0.5, 0.6) is 5.75 Å². The maximum atomic E-state index is 13.1. The summed E-state index contributed by atoms with van der Waals surface area (Å²) in [6.07, 6.45) is 1.25. The molecule has 2 N–H and O–H groups in total. The van der Waals surface area contributed by atoms with Crippen molar-refractivity contribution in [2.75, 3.05) is 5.32 Å². The van der Waals surface area contributed by atoms with Gasteiger partial charge in [-0.15, -0.1) is 0 Å². The summed E-state index contributed by atoms with van der Waals surface area (Å²) >= 11 is 11.5. The Morgan fingerprint density at radius 2 is 2.05 bits per heavy atom. The molecule has 0 spiro atoms. The molecule has 98 valence electrons. The van der Waals surface area contributed by atoms with Crippen LogP contribution in [-0.2, 0) is 0 Å². The van der Waals surface area contributed by atoms with E-state index < -0.39 is 17.5 Å². The fraction of sp³-hybridized carbons (Fsp3) is 0. The van der Waals surface area contributed by atoms with E-state index in [2.05, 4.69) is 10.3 Å². The van der Waals surface area contributed by atoms with Gasteiger partial charge in [-0.05, 0) is 18.2 Å². The summed E-state index contributed by atoms with van der Waals surface area (Å²) in [5, 5.41) is 11.7. The molecule has 0 atom stereocenters. The third kappa shape index (κ3) is 3.13. The molecule has 2 aromatic rings. The number of hydrogen-bond acceptors (Lipinski definition) is 3. The van der Waals surface area contributed by atoms with Crippen molar-refractivity contribution in [3.05, 3.63) is 52.0 Å². The minimum Gasteiger partial charge on any atom is -0.505 e. The van der Waals surface area contributed by atoms with Crippen molar-refractivity contribution < 1.29 is 14.3 Å². The third-order valence-electron chi connectivity index (χ3n) is 2.27. The molecule has 1 aromatic heterocycles. The number of anilines is 1. The van der Waals surface area contributed by atoms with Crippen molar-refractivity contribution in [1.82, 2.24) is 4.98 Å². The predicted octanol–water partition coefficient (Wildman–Crippen LogP) is 3.49. The van der Waals surface area contributed by atoms with Crippen LogP contribution in [0.2, 0.25) is 10.2 Å². The molecule has 0 saturated heterocycles. The number of rotatable bonds is 2. The highest BCUT2D eigenvalue weighted by atomic mass is 35.5. The quantitative estimate of drug-likeness (QED) is 0.659. The first-order chi connectivity index (χ1) is 8.97. The average Bonchev–Trinajstić information content (AvgIpc) is 2.36. The van der Waals surface area contributed by atoms with Gasteiger partial charge in [0.1, 0.15) is 5.15 Å². The minimum absolute atomic E-state index is 0.117. The van der Waals surface area contributed by atoms with E-state index in [-0.39, 0.29) is 21.4 Å². The molecule has 7 heteroatoms. The normalized spacial score (nSPS) is 10.3. The number of carbonyl (C=O) groups is 1. The summed E-state index contributed by atoms with van der Waals surface area (Å²) in [4.78, 5) is 15.6. The largest absolute Gasteiger partial charge is 0.505 e. The number of aromatic hydroxyl groups is 1. The van der Waals surface area contributed by atoms with Crippen LogP contribution < -0.4 is 5.32 Å². The summed E-state index contributed by atoms with van der Waals surface area (Å²) in [5.74, 6) is -1.89. The molecule has 1 amide bonds. The second kappa shape index (κ2) is 5.42. The molecule has 0 aliphatic carbocycles. The molecule has 0 fully saturated rings. The van der Waals surface area contributed by atoms with Crippen LogP contribution >= 0.6 is 23.2 Å². The Hall–Kier alpha value is -1.85. The Labute approximate surface area is 117 Å². The van der Waals surface area contributed by atoms with E-state index in [1.165, 1.54) is 18.3 Å². The van der Waals surface area contributed by atoms with Crippen LogP contribution in [-0.4, -0.2) is 16.0 Å². The zero-order chi connectivity index (χ0) is 14.0. The summed E-state index contributed by atoms with van der Waals surface area (Å²) < 4.78 is 13.1. The molecule has 0 aliphatic rings. The predicted molar refractivity (Wildman–Crippen MR) is 70.3 cm³/mol. The van der Waals surface area contributed by atoms with Crippen LogP contribution in [0, 0.1) is 5.82 Å². The van der Waals surface area contributed by atoms with Crippen molar-refractivity contribution in [1.29, 1.82) is 0 Å². The van der Waals surface area contributed by atoms with Gasteiger partial charge in [-0.1, -0.05) is 23.2 Å². The van der Waals surface area contributed by atoms with Crippen molar-refractivity contribution in [3.63, 3.8) is 0 Å². The molecule has 0 radical (unpaired) electrons. The van der Waals surface area contributed by atoms with Gasteiger partial charge in [0.05, 0.1) is 10.6 Å². The third-order valence-corrected chi connectivity index (χ3v) is 2.78. The molecule has 19 heavy (non-hydrogen) atoms. The molecule has 1 aromatic carbocycles. The number of aromatic nitrogens is 1. The second-order valence-corrected chi connectivity index (χ2v) is 4.40. The molecular weight excluding hydrogens is 294 g/mol. The number of nitrogens with zero attached hydrogens (tertiary/aromatic N) is 1. The van der Waals surface area contributed by atoms with Gasteiger partial charge < -0.3 is 10.4 Å². The van der Waals surface area contributed by atoms with E-state index in [0.29, 0.717) is 0 Å². The van der Waals surface area contributed by atoms with Gasteiger partial charge in [0.15, 0.2) is 11.6 Å². The lowest BCUT2D eigenvalue weighted by Gasteiger charge is -2.07. The fourth-order valence-electron chi connectivity index (χ4n) is 1.37. The monoisotopic (exact) mass is 300 g/mol. The van der Waals surface area contributed by atoms with Gasteiger partial charge in [-0.2, -0.15) is 0 Å². The Morgan fingerprint density at radius 1 is 1.32 bits per heavy atom. The maximum absolute atomic E-state index is 13.1. The number of carbonyl (C=O) groups excluding carboxylic acids is 1. The maximum Gasteiger partial charge on any atom is 0.257 e. The molecule has 2 rings (SSSR count). The first-order valence-corrected chi connectivity index (χ1v) is 5.84. The van der Waals surface area contributed by atoms with E-state index in [4.69, 9.17) is 28.3 Å². The van der Waals surface area contributed by atoms with Crippen LogP contribution in [0.1, 0.15) is 10.4 Å². The minimum atomic E-state index is -0.836. The molecule has 1 heterocycles. The Kier molecular flexibility index (Phi) is 3.87. The van der Waals surface area contributed by atoms with E-state index in [1.807, 2.05) is 0 Å².